The first kappa shape index (κ1) is 18.6. The van der Waals surface area contributed by atoms with Crippen molar-refractivity contribution < 1.29 is 9.72 Å². The summed E-state index contributed by atoms with van der Waals surface area (Å²) in [7, 11) is 0. The van der Waals surface area contributed by atoms with Crippen molar-refractivity contribution in [2.75, 3.05) is 13.1 Å². The van der Waals surface area contributed by atoms with Crippen LogP contribution in [0, 0.1) is 16.0 Å². The van der Waals surface area contributed by atoms with Gasteiger partial charge in [0.1, 0.15) is 5.69 Å². The van der Waals surface area contributed by atoms with Crippen LogP contribution in [0.4, 0.5) is 5.69 Å². The lowest BCUT2D eigenvalue weighted by Gasteiger charge is -2.29. The van der Waals surface area contributed by atoms with E-state index in [1.165, 1.54) is 23.0 Å². The van der Waals surface area contributed by atoms with Crippen LogP contribution in [-0.2, 0) is 0 Å². The Morgan fingerprint density at radius 3 is 2.73 bits per heavy atom. The summed E-state index contributed by atoms with van der Waals surface area (Å²) in [4.78, 5) is 22.7. The molecule has 2 atom stereocenters. The number of amides is 1. The van der Waals surface area contributed by atoms with Crippen LogP contribution in [0.2, 0.25) is 10.0 Å². The Morgan fingerprint density at radius 2 is 2.12 bits per heavy atom. The van der Waals surface area contributed by atoms with Gasteiger partial charge in [-0.05, 0) is 24.9 Å². The number of aromatic nitrogens is 2. The highest BCUT2D eigenvalue weighted by Gasteiger charge is 2.24. The highest BCUT2D eigenvalue weighted by atomic mass is 35.5. The Kier molecular flexibility index (Phi) is 5.45. The number of nitro groups is 1. The normalized spacial score (nSPS) is 20.0. The van der Waals surface area contributed by atoms with Crippen LogP contribution >= 0.6 is 23.2 Å². The molecule has 1 aliphatic heterocycles. The molecule has 0 saturated carbocycles. The van der Waals surface area contributed by atoms with E-state index in [0.717, 1.165) is 13.0 Å². The largest absolute Gasteiger partial charge is 0.346 e. The third-order valence-electron chi connectivity index (χ3n) is 4.41. The molecule has 0 aliphatic carbocycles. The van der Waals surface area contributed by atoms with Gasteiger partial charge in [-0.15, -0.1) is 0 Å². The number of nitrogens with zero attached hydrogens (tertiary/aromatic N) is 3. The van der Waals surface area contributed by atoms with E-state index in [0.29, 0.717) is 12.5 Å². The number of non-ortho nitro benzene ring substituents is 1. The maximum Gasteiger partial charge on any atom is 0.272 e. The smallest absolute Gasteiger partial charge is 0.272 e. The summed E-state index contributed by atoms with van der Waals surface area (Å²) in [5.74, 6) is 0.0827. The summed E-state index contributed by atoms with van der Waals surface area (Å²) in [6.45, 7) is 3.76. The van der Waals surface area contributed by atoms with Gasteiger partial charge < -0.3 is 10.6 Å². The van der Waals surface area contributed by atoms with Gasteiger partial charge in [-0.25, -0.2) is 4.68 Å². The third-order valence-corrected chi connectivity index (χ3v) is 4.98. The van der Waals surface area contributed by atoms with Gasteiger partial charge in [-0.3, -0.25) is 14.9 Å². The van der Waals surface area contributed by atoms with E-state index in [-0.39, 0.29) is 39.1 Å². The average Bonchev–Trinajstić information content (AvgIpc) is 3.06. The molecule has 1 saturated heterocycles. The molecule has 0 radical (unpaired) electrons. The molecule has 1 aliphatic rings. The van der Waals surface area contributed by atoms with Crippen LogP contribution < -0.4 is 10.6 Å². The number of benzene rings is 1. The maximum absolute atomic E-state index is 12.4. The van der Waals surface area contributed by atoms with Gasteiger partial charge in [-0.2, -0.15) is 5.10 Å². The zero-order valence-electron chi connectivity index (χ0n) is 13.9. The average molecular weight is 398 g/mol. The molecule has 0 spiro atoms. The summed E-state index contributed by atoms with van der Waals surface area (Å²) in [6.07, 6.45) is 2.53. The molecule has 2 N–H and O–H groups in total. The molecular formula is C16H17Cl2N5O3. The topological polar surface area (TPSA) is 102 Å². The molecule has 1 amide bonds. The zero-order valence-corrected chi connectivity index (χ0v) is 15.4. The van der Waals surface area contributed by atoms with Crippen molar-refractivity contribution >= 4 is 34.8 Å². The van der Waals surface area contributed by atoms with Crippen LogP contribution in [0.5, 0.6) is 0 Å². The second-order valence-corrected chi connectivity index (χ2v) is 7.03. The molecule has 3 rings (SSSR count). The van der Waals surface area contributed by atoms with Crippen molar-refractivity contribution in [1.82, 2.24) is 20.4 Å². The van der Waals surface area contributed by atoms with Crippen molar-refractivity contribution in [1.29, 1.82) is 0 Å². The highest BCUT2D eigenvalue weighted by Crippen LogP contribution is 2.32. The predicted molar refractivity (Wildman–Crippen MR) is 98.1 cm³/mol. The van der Waals surface area contributed by atoms with E-state index in [2.05, 4.69) is 22.7 Å². The van der Waals surface area contributed by atoms with Crippen LogP contribution in [0.1, 0.15) is 23.8 Å². The van der Waals surface area contributed by atoms with Gasteiger partial charge >= 0.3 is 0 Å². The van der Waals surface area contributed by atoms with E-state index < -0.39 is 4.92 Å². The van der Waals surface area contributed by atoms with Gasteiger partial charge in [0.15, 0.2) is 5.69 Å². The van der Waals surface area contributed by atoms with Crippen molar-refractivity contribution in [3.05, 3.63) is 50.2 Å². The van der Waals surface area contributed by atoms with E-state index >= 15 is 0 Å². The molecule has 2 unspecified atom stereocenters. The summed E-state index contributed by atoms with van der Waals surface area (Å²) in [6, 6.07) is 3.97. The Labute approximate surface area is 159 Å². The summed E-state index contributed by atoms with van der Waals surface area (Å²) < 4.78 is 1.34. The first-order valence-electron chi connectivity index (χ1n) is 8.08. The van der Waals surface area contributed by atoms with Gasteiger partial charge in [0.05, 0.1) is 15.0 Å². The Bertz CT molecular complexity index is 831. The Morgan fingerprint density at radius 1 is 1.42 bits per heavy atom. The number of carbonyl (C=O) groups is 1. The first-order chi connectivity index (χ1) is 12.4. The number of rotatable bonds is 4. The minimum Gasteiger partial charge on any atom is -0.346 e. The first-order valence-corrected chi connectivity index (χ1v) is 8.83. The number of nitro benzene ring substituents is 1. The van der Waals surface area contributed by atoms with E-state index in [4.69, 9.17) is 23.2 Å². The van der Waals surface area contributed by atoms with Crippen molar-refractivity contribution in [2.24, 2.45) is 5.92 Å². The Balaban J connectivity index is 1.81. The molecule has 10 heteroatoms. The SMILES string of the molecule is CC1CCNCC1NC(=O)c1ccn(-c2c(Cl)cc([N+](=O)[O-])cc2Cl)n1. The van der Waals surface area contributed by atoms with Crippen molar-refractivity contribution in [3.8, 4) is 5.69 Å². The molecular weight excluding hydrogens is 381 g/mol. The molecule has 2 heterocycles. The number of hydrogen-bond donors (Lipinski definition) is 2. The molecule has 0 bridgehead atoms. The number of nitrogens with one attached hydrogen (secondary N) is 2. The van der Waals surface area contributed by atoms with E-state index in [9.17, 15) is 14.9 Å². The molecule has 1 aromatic heterocycles. The summed E-state index contributed by atoms with van der Waals surface area (Å²) in [5, 5.41) is 21.5. The quantitative estimate of drug-likeness (QED) is 0.609. The number of hydrogen-bond acceptors (Lipinski definition) is 5. The van der Waals surface area contributed by atoms with Gasteiger partial charge in [0.25, 0.3) is 11.6 Å². The standard InChI is InChI=1S/C16H17Cl2N5O3/c1-9-2-4-19-8-14(9)20-16(24)13-3-5-22(21-13)15-11(17)6-10(23(25)26)7-12(15)18/h3,5-7,9,14,19H,2,4,8H2,1H3,(H,20,24). The molecule has 8 nitrogen and oxygen atoms in total. The molecule has 1 fully saturated rings. The summed E-state index contributed by atoms with van der Waals surface area (Å²) in [5.41, 5.74) is 0.284. The fraction of sp³-hybridized carbons (Fsp3) is 0.375. The highest BCUT2D eigenvalue weighted by molar-refractivity contribution is 6.38. The second-order valence-electron chi connectivity index (χ2n) is 6.21. The lowest BCUT2D eigenvalue weighted by Crippen LogP contribution is -2.50. The van der Waals surface area contributed by atoms with Gasteiger partial charge in [-0.1, -0.05) is 30.1 Å². The number of carbonyl (C=O) groups excluding carboxylic acids is 1. The van der Waals surface area contributed by atoms with Crippen molar-refractivity contribution in [2.45, 2.75) is 19.4 Å². The molecule has 2 aromatic rings. The van der Waals surface area contributed by atoms with E-state index in [1.807, 2.05) is 0 Å². The lowest BCUT2D eigenvalue weighted by molar-refractivity contribution is -0.384. The lowest BCUT2D eigenvalue weighted by atomic mass is 9.95. The second kappa shape index (κ2) is 7.61. The minimum atomic E-state index is -0.580. The molecule has 1 aromatic carbocycles. The zero-order chi connectivity index (χ0) is 18.8. The summed E-state index contributed by atoms with van der Waals surface area (Å²) >= 11 is 12.2. The van der Waals surface area contributed by atoms with Crippen LogP contribution in [0.25, 0.3) is 5.69 Å². The number of halogens is 2. The molecule has 26 heavy (non-hydrogen) atoms. The van der Waals surface area contributed by atoms with E-state index in [1.54, 1.807) is 6.07 Å². The van der Waals surface area contributed by atoms with Crippen LogP contribution in [0.15, 0.2) is 24.4 Å². The van der Waals surface area contributed by atoms with Crippen molar-refractivity contribution in [3.63, 3.8) is 0 Å². The fourth-order valence-electron chi connectivity index (χ4n) is 2.87. The van der Waals surface area contributed by atoms with Gasteiger partial charge in [0, 0.05) is 30.9 Å². The van der Waals surface area contributed by atoms with Crippen LogP contribution in [-0.4, -0.2) is 39.7 Å². The third kappa shape index (κ3) is 3.82. The minimum absolute atomic E-state index is 0.0351. The van der Waals surface area contributed by atoms with Gasteiger partial charge in [0.2, 0.25) is 0 Å². The fourth-order valence-corrected chi connectivity index (χ4v) is 3.52. The maximum atomic E-state index is 12.4. The predicted octanol–water partition coefficient (Wildman–Crippen LogP) is 2.82. The monoisotopic (exact) mass is 397 g/mol. The van der Waals surface area contributed by atoms with Crippen LogP contribution in [0.3, 0.4) is 0 Å². The number of piperidine rings is 1. The molecule has 138 valence electrons. The Hall–Kier alpha value is -2.16.